The Hall–Kier alpha value is -3.36. The van der Waals surface area contributed by atoms with Crippen molar-refractivity contribution in [1.29, 1.82) is 0 Å². The molecule has 1 aromatic carbocycles. The second kappa shape index (κ2) is 6.17. The SMILES string of the molecule is O=[N+]([O-])c1c([N+](=O)[O-])c([N+](=O)[O-])c(S(=O)(=O)O)c(S(=O)(=O)O)c1[N+](=O)[O-]. The fourth-order valence-corrected chi connectivity index (χ4v) is 3.94. The van der Waals surface area contributed by atoms with Gasteiger partial charge in [0.25, 0.3) is 0 Å². The van der Waals surface area contributed by atoms with E-state index >= 15 is 0 Å². The van der Waals surface area contributed by atoms with Crippen LogP contribution in [-0.2, 0) is 20.2 Å². The second-order valence-corrected chi connectivity index (χ2v) is 6.75. The van der Waals surface area contributed by atoms with Crippen molar-refractivity contribution in [2.24, 2.45) is 0 Å². The average Bonchev–Trinajstić information content (AvgIpc) is 2.41. The Labute approximate surface area is 139 Å². The predicted molar refractivity (Wildman–Crippen MR) is 72.7 cm³/mol. The fraction of sp³-hybridized carbons (Fsp3) is 0. The Morgan fingerprint density at radius 3 is 0.846 bits per heavy atom. The molecule has 20 heteroatoms. The number of nitro benzene ring substituents is 4. The van der Waals surface area contributed by atoms with Gasteiger partial charge in [-0.25, -0.2) is 0 Å². The highest BCUT2D eigenvalue weighted by atomic mass is 32.2. The molecule has 1 rings (SSSR count). The van der Waals surface area contributed by atoms with E-state index in [1.54, 1.807) is 0 Å². The van der Waals surface area contributed by atoms with E-state index in [-0.39, 0.29) is 0 Å². The maximum absolute atomic E-state index is 11.3. The van der Waals surface area contributed by atoms with Crippen molar-refractivity contribution in [3.8, 4) is 0 Å². The Morgan fingerprint density at radius 1 is 0.538 bits per heavy atom. The van der Waals surface area contributed by atoms with E-state index in [1.165, 1.54) is 0 Å². The Kier molecular flexibility index (Phi) is 4.91. The maximum atomic E-state index is 11.3. The summed E-state index contributed by atoms with van der Waals surface area (Å²) in [5, 5.41) is 43.9. The summed E-state index contributed by atoms with van der Waals surface area (Å²) in [4.78, 5) is 30.8. The van der Waals surface area contributed by atoms with Crippen molar-refractivity contribution >= 4 is 43.0 Å². The zero-order chi connectivity index (χ0) is 20.8. The van der Waals surface area contributed by atoms with Crippen LogP contribution in [0.2, 0.25) is 0 Å². The van der Waals surface area contributed by atoms with Gasteiger partial charge >= 0.3 is 43.0 Å². The molecule has 0 spiro atoms. The van der Waals surface area contributed by atoms with Crippen LogP contribution in [0.3, 0.4) is 0 Å². The number of nitrogens with zero attached hydrogens (tertiary/aromatic N) is 4. The number of rotatable bonds is 6. The third kappa shape index (κ3) is 3.37. The summed E-state index contributed by atoms with van der Waals surface area (Å²) in [7, 11) is -12.3. The topological polar surface area (TPSA) is 281 Å². The van der Waals surface area contributed by atoms with Crippen LogP contribution in [0, 0.1) is 40.5 Å². The lowest BCUT2D eigenvalue weighted by Gasteiger charge is -2.07. The minimum Gasteiger partial charge on any atom is -0.282 e. The first-order valence-electron chi connectivity index (χ1n) is 5.30. The molecule has 0 saturated heterocycles. The van der Waals surface area contributed by atoms with Crippen LogP contribution in [0.5, 0.6) is 0 Å². The van der Waals surface area contributed by atoms with Gasteiger partial charge in [-0.1, -0.05) is 0 Å². The van der Waals surface area contributed by atoms with Gasteiger partial charge in [0, 0.05) is 0 Å². The quantitative estimate of drug-likeness (QED) is 0.344. The lowest BCUT2D eigenvalue weighted by atomic mass is 10.2. The van der Waals surface area contributed by atoms with Gasteiger partial charge in [0.15, 0.2) is 0 Å². The molecule has 0 heterocycles. The van der Waals surface area contributed by atoms with E-state index in [0.717, 1.165) is 0 Å². The number of nitro groups is 4. The third-order valence-electron chi connectivity index (χ3n) is 2.56. The van der Waals surface area contributed by atoms with Crippen LogP contribution in [0.15, 0.2) is 9.79 Å². The van der Waals surface area contributed by atoms with Crippen molar-refractivity contribution in [3.63, 3.8) is 0 Å². The van der Waals surface area contributed by atoms with E-state index in [9.17, 15) is 57.3 Å². The second-order valence-electron chi connectivity index (χ2n) is 4.03. The van der Waals surface area contributed by atoms with Crippen molar-refractivity contribution < 1.29 is 45.6 Å². The summed E-state index contributed by atoms with van der Waals surface area (Å²) >= 11 is 0. The number of benzene rings is 1. The zero-order valence-corrected chi connectivity index (χ0v) is 13.0. The Bertz CT molecular complexity index is 998. The van der Waals surface area contributed by atoms with Crippen molar-refractivity contribution in [1.82, 2.24) is 0 Å². The largest absolute Gasteiger partial charge is 0.431 e. The van der Waals surface area contributed by atoms with Gasteiger partial charge < -0.3 is 0 Å². The van der Waals surface area contributed by atoms with Gasteiger partial charge in [-0.15, -0.1) is 0 Å². The summed E-state index contributed by atoms with van der Waals surface area (Å²) in [5.41, 5.74) is -9.73. The lowest BCUT2D eigenvalue weighted by Crippen LogP contribution is -2.17. The molecule has 142 valence electrons. The van der Waals surface area contributed by atoms with Gasteiger partial charge in [-0.3, -0.25) is 49.6 Å². The van der Waals surface area contributed by atoms with Gasteiger partial charge in [0.2, 0.25) is 9.79 Å². The first-order valence-corrected chi connectivity index (χ1v) is 8.18. The molecule has 0 aliphatic carbocycles. The molecular formula is C6H2N4O14S2. The van der Waals surface area contributed by atoms with Crippen LogP contribution in [-0.4, -0.2) is 45.6 Å². The van der Waals surface area contributed by atoms with Gasteiger partial charge in [-0.2, -0.15) is 16.8 Å². The molecule has 0 bridgehead atoms. The molecule has 1 aromatic rings. The zero-order valence-electron chi connectivity index (χ0n) is 11.4. The molecule has 0 aromatic heterocycles. The Balaban J connectivity index is 4.79. The monoisotopic (exact) mass is 418 g/mol. The molecule has 18 nitrogen and oxygen atoms in total. The summed E-state index contributed by atoms with van der Waals surface area (Å²) in [6, 6.07) is 0. The van der Waals surface area contributed by atoms with Gasteiger partial charge in [0.1, 0.15) is 0 Å². The minimum absolute atomic E-state index is 1.97. The highest BCUT2D eigenvalue weighted by Crippen LogP contribution is 2.51. The van der Waals surface area contributed by atoms with Crippen molar-refractivity contribution in [2.45, 2.75) is 9.79 Å². The van der Waals surface area contributed by atoms with Crippen molar-refractivity contribution in [3.05, 3.63) is 40.5 Å². The van der Waals surface area contributed by atoms with Crippen LogP contribution in [0.1, 0.15) is 0 Å². The normalized spacial score (nSPS) is 11.8. The van der Waals surface area contributed by atoms with E-state index in [0.29, 0.717) is 0 Å². The molecule has 0 aliphatic heterocycles. The van der Waals surface area contributed by atoms with Crippen LogP contribution < -0.4 is 0 Å². The minimum atomic E-state index is -6.16. The van der Waals surface area contributed by atoms with Crippen molar-refractivity contribution in [2.75, 3.05) is 0 Å². The smallest absolute Gasteiger partial charge is 0.282 e. The molecular weight excluding hydrogens is 416 g/mol. The lowest BCUT2D eigenvalue weighted by molar-refractivity contribution is -0.454. The third-order valence-corrected chi connectivity index (χ3v) is 4.51. The molecule has 26 heavy (non-hydrogen) atoms. The average molecular weight is 418 g/mol. The highest BCUT2D eigenvalue weighted by molar-refractivity contribution is 7.89. The molecule has 0 atom stereocenters. The van der Waals surface area contributed by atoms with E-state index in [4.69, 9.17) is 9.11 Å². The summed E-state index contributed by atoms with van der Waals surface area (Å²) in [6.45, 7) is 0. The standard InChI is InChI=1S/C6H2N4O14S2/c11-7(12)1-2(8(13)14)4(10(17)18)6(26(22,23)24)5(25(19,20)21)3(1)9(15)16/h(H,19,20,21)(H,22,23,24). The first kappa shape index (κ1) is 20.7. The highest BCUT2D eigenvalue weighted by Gasteiger charge is 2.55. The summed E-state index contributed by atoms with van der Waals surface area (Å²) in [5.74, 6) is 0. The molecule has 0 radical (unpaired) electrons. The van der Waals surface area contributed by atoms with Crippen LogP contribution in [0.4, 0.5) is 22.7 Å². The van der Waals surface area contributed by atoms with Gasteiger partial charge in [0.05, 0.1) is 19.7 Å². The van der Waals surface area contributed by atoms with Crippen LogP contribution >= 0.6 is 0 Å². The van der Waals surface area contributed by atoms with Gasteiger partial charge in [-0.05, 0) is 0 Å². The predicted octanol–water partition coefficient (Wildman–Crippen LogP) is -0.187. The molecule has 0 unspecified atom stereocenters. The van der Waals surface area contributed by atoms with E-state index < -0.39 is 72.5 Å². The summed E-state index contributed by atoms with van der Waals surface area (Å²) in [6.07, 6.45) is 0. The molecule has 2 N–H and O–H groups in total. The van der Waals surface area contributed by atoms with E-state index in [1.807, 2.05) is 0 Å². The Morgan fingerprint density at radius 2 is 0.731 bits per heavy atom. The van der Waals surface area contributed by atoms with E-state index in [2.05, 4.69) is 0 Å². The molecule has 0 amide bonds. The maximum Gasteiger partial charge on any atom is 0.431 e. The van der Waals surface area contributed by atoms with Crippen LogP contribution in [0.25, 0.3) is 0 Å². The molecule has 0 saturated carbocycles. The molecule has 0 fully saturated rings. The number of hydrogen-bond donors (Lipinski definition) is 2. The first-order chi connectivity index (χ1) is 11.5. The number of hydrogen-bond acceptors (Lipinski definition) is 12. The fourth-order valence-electron chi connectivity index (χ4n) is 1.82. The molecule has 0 aliphatic rings. The summed E-state index contributed by atoms with van der Waals surface area (Å²) < 4.78 is 63.2.